The number of thioether (sulfide) groups is 1. The van der Waals surface area contributed by atoms with E-state index in [2.05, 4.69) is 0 Å². The molecule has 1 aliphatic rings. The van der Waals surface area contributed by atoms with E-state index in [0.717, 1.165) is 10.5 Å². The van der Waals surface area contributed by atoms with Crippen molar-refractivity contribution in [2.24, 2.45) is 0 Å². The average Bonchev–Trinajstić information content (AvgIpc) is 2.62. The number of rotatable bonds is 4. The quantitative estimate of drug-likeness (QED) is 0.486. The molecule has 1 aromatic rings. The third kappa shape index (κ3) is 2.86. The molecule has 5 heteroatoms. The summed E-state index contributed by atoms with van der Waals surface area (Å²) in [5.41, 5.74) is 1.11. The zero-order valence-electron chi connectivity index (χ0n) is 11.4. The number of fused-ring (bicyclic) bond motifs is 1. The fourth-order valence-electron chi connectivity index (χ4n) is 2.43. The molecule has 20 heavy (non-hydrogen) atoms. The van der Waals surface area contributed by atoms with Gasteiger partial charge in [0.05, 0.1) is 7.11 Å². The first kappa shape index (κ1) is 15.4. The number of hydrogen-bond donors (Lipinski definition) is 0. The van der Waals surface area contributed by atoms with Gasteiger partial charge < -0.3 is 4.74 Å². The van der Waals surface area contributed by atoms with Crippen LogP contribution in [0.5, 0.6) is 0 Å². The summed E-state index contributed by atoms with van der Waals surface area (Å²) < 4.78 is 3.76. The van der Waals surface area contributed by atoms with E-state index >= 15 is 0 Å². The van der Waals surface area contributed by atoms with Crippen molar-refractivity contribution in [1.82, 2.24) is 0 Å². The molecule has 0 N–H and O–H groups in total. The fraction of sp³-hybridized carbons (Fsp3) is 0.467. The van der Waals surface area contributed by atoms with Crippen molar-refractivity contribution < 1.29 is 14.3 Å². The molecule has 0 spiro atoms. The topological polar surface area (TPSA) is 43.4 Å². The SMILES string of the molecule is COC(=O)C1(CCCCl)Sc2ccccc2CCC1=O. The van der Waals surface area contributed by atoms with E-state index in [1.165, 1.54) is 18.9 Å². The zero-order valence-corrected chi connectivity index (χ0v) is 12.9. The van der Waals surface area contributed by atoms with Crippen LogP contribution >= 0.6 is 23.4 Å². The summed E-state index contributed by atoms with van der Waals surface area (Å²) in [6, 6.07) is 7.83. The Morgan fingerprint density at radius 1 is 1.40 bits per heavy atom. The number of alkyl halides is 1. The predicted molar refractivity (Wildman–Crippen MR) is 80.3 cm³/mol. The third-order valence-electron chi connectivity index (χ3n) is 3.51. The molecular weight excluding hydrogens is 296 g/mol. The standard InChI is InChI=1S/C15H17ClO3S/c1-19-14(18)15(9-4-10-16)13(17)8-7-11-5-2-3-6-12(11)20-15/h2-3,5-6H,4,7-10H2,1H3. The van der Waals surface area contributed by atoms with Crippen LogP contribution in [0.2, 0.25) is 0 Å². The molecule has 0 bridgehead atoms. The molecular formula is C15H17ClO3S. The van der Waals surface area contributed by atoms with E-state index in [1.807, 2.05) is 24.3 Å². The maximum Gasteiger partial charge on any atom is 0.329 e. The van der Waals surface area contributed by atoms with E-state index in [1.54, 1.807) is 0 Å². The summed E-state index contributed by atoms with van der Waals surface area (Å²) in [7, 11) is 1.33. The second-order valence-corrected chi connectivity index (χ2v) is 6.46. The molecule has 0 fully saturated rings. The van der Waals surface area contributed by atoms with Crippen molar-refractivity contribution in [1.29, 1.82) is 0 Å². The van der Waals surface area contributed by atoms with Crippen LogP contribution in [-0.4, -0.2) is 29.5 Å². The van der Waals surface area contributed by atoms with E-state index in [4.69, 9.17) is 16.3 Å². The van der Waals surface area contributed by atoms with Gasteiger partial charge in [0.1, 0.15) is 0 Å². The Morgan fingerprint density at radius 3 is 2.85 bits per heavy atom. The lowest BCUT2D eigenvalue weighted by molar-refractivity contribution is -0.147. The lowest BCUT2D eigenvalue weighted by atomic mass is 9.93. The minimum atomic E-state index is -1.14. The van der Waals surface area contributed by atoms with Gasteiger partial charge in [0, 0.05) is 17.2 Å². The number of carbonyl (C=O) groups is 2. The number of aryl methyl sites for hydroxylation is 1. The summed E-state index contributed by atoms with van der Waals surface area (Å²) in [5.74, 6) is -0.0983. The van der Waals surface area contributed by atoms with Gasteiger partial charge in [0.25, 0.3) is 0 Å². The van der Waals surface area contributed by atoms with E-state index in [-0.39, 0.29) is 5.78 Å². The Bertz CT molecular complexity index is 518. The predicted octanol–water partition coefficient (Wildman–Crippen LogP) is 3.22. The summed E-state index contributed by atoms with van der Waals surface area (Å²) in [6.45, 7) is 0. The number of esters is 1. The van der Waals surface area contributed by atoms with E-state index < -0.39 is 10.7 Å². The molecule has 1 heterocycles. The Morgan fingerprint density at radius 2 is 2.15 bits per heavy atom. The van der Waals surface area contributed by atoms with Crippen molar-refractivity contribution in [2.75, 3.05) is 13.0 Å². The van der Waals surface area contributed by atoms with Crippen molar-refractivity contribution >= 4 is 35.1 Å². The minimum absolute atomic E-state index is 0.0596. The van der Waals surface area contributed by atoms with Gasteiger partial charge in [0.2, 0.25) is 0 Å². The molecule has 0 aliphatic carbocycles. The molecule has 108 valence electrons. The minimum Gasteiger partial charge on any atom is -0.468 e. The second-order valence-electron chi connectivity index (χ2n) is 4.74. The molecule has 0 saturated heterocycles. The largest absolute Gasteiger partial charge is 0.468 e. The first-order valence-corrected chi connectivity index (χ1v) is 7.94. The van der Waals surface area contributed by atoms with Gasteiger partial charge in [-0.1, -0.05) is 30.0 Å². The smallest absolute Gasteiger partial charge is 0.329 e. The Balaban J connectivity index is 2.42. The lowest BCUT2D eigenvalue weighted by Crippen LogP contribution is -2.44. The van der Waals surface area contributed by atoms with E-state index in [0.29, 0.717) is 31.6 Å². The number of methoxy groups -OCH3 is 1. The molecule has 0 radical (unpaired) electrons. The molecule has 3 nitrogen and oxygen atoms in total. The number of carbonyl (C=O) groups excluding carboxylic acids is 2. The highest BCUT2D eigenvalue weighted by Crippen LogP contribution is 2.43. The Kier molecular flexibility index (Phi) is 5.11. The third-order valence-corrected chi connectivity index (χ3v) is 5.34. The summed E-state index contributed by atoms with van der Waals surface area (Å²) >= 11 is 7.07. The number of hydrogen-bond acceptors (Lipinski definition) is 4. The molecule has 1 atom stereocenters. The molecule has 0 saturated carbocycles. The van der Waals surface area contributed by atoms with Gasteiger partial charge in [-0.3, -0.25) is 9.59 Å². The van der Waals surface area contributed by atoms with Crippen LogP contribution in [0, 0.1) is 0 Å². The number of Topliss-reactive ketones (excluding diaryl/α,β-unsaturated/α-hetero) is 1. The van der Waals surface area contributed by atoms with Crippen LogP contribution in [0.1, 0.15) is 24.8 Å². The highest BCUT2D eigenvalue weighted by atomic mass is 35.5. The van der Waals surface area contributed by atoms with Crippen molar-refractivity contribution in [3.05, 3.63) is 29.8 Å². The first-order valence-electron chi connectivity index (χ1n) is 6.58. The second kappa shape index (κ2) is 6.64. The first-order chi connectivity index (χ1) is 9.64. The highest BCUT2D eigenvalue weighted by molar-refractivity contribution is 8.02. The van der Waals surface area contributed by atoms with Gasteiger partial charge in [-0.15, -0.1) is 11.6 Å². The van der Waals surface area contributed by atoms with Crippen LogP contribution < -0.4 is 0 Å². The molecule has 0 amide bonds. The van der Waals surface area contributed by atoms with Gasteiger partial charge >= 0.3 is 5.97 Å². The summed E-state index contributed by atoms with van der Waals surface area (Å²) in [5, 5.41) is 0. The molecule has 1 unspecified atom stereocenters. The van der Waals surface area contributed by atoms with Gasteiger partial charge in [-0.05, 0) is 30.9 Å². The van der Waals surface area contributed by atoms with Gasteiger partial charge in [-0.2, -0.15) is 0 Å². The van der Waals surface area contributed by atoms with Crippen molar-refractivity contribution in [3.63, 3.8) is 0 Å². The van der Waals surface area contributed by atoms with Crippen molar-refractivity contribution in [3.8, 4) is 0 Å². The maximum absolute atomic E-state index is 12.5. The van der Waals surface area contributed by atoms with E-state index in [9.17, 15) is 9.59 Å². The molecule has 1 aliphatic heterocycles. The van der Waals surface area contributed by atoms with Gasteiger partial charge in [0.15, 0.2) is 10.5 Å². The molecule has 0 aromatic heterocycles. The number of ether oxygens (including phenoxy) is 1. The number of halogens is 1. The monoisotopic (exact) mass is 312 g/mol. The molecule has 1 aromatic carbocycles. The van der Waals surface area contributed by atoms with Crippen LogP contribution in [0.15, 0.2) is 29.2 Å². The Hall–Kier alpha value is -1.00. The van der Waals surface area contributed by atoms with Crippen LogP contribution in [-0.2, 0) is 20.7 Å². The molecule has 2 rings (SSSR count). The van der Waals surface area contributed by atoms with Gasteiger partial charge in [-0.25, -0.2) is 0 Å². The van der Waals surface area contributed by atoms with Crippen LogP contribution in [0.25, 0.3) is 0 Å². The van der Waals surface area contributed by atoms with Crippen LogP contribution in [0.3, 0.4) is 0 Å². The average molecular weight is 313 g/mol. The maximum atomic E-state index is 12.5. The van der Waals surface area contributed by atoms with Crippen molar-refractivity contribution in [2.45, 2.75) is 35.3 Å². The Labute approximate surface area is 128 Å². The highest BCUT2D eigenvalue weighted by Gasteiger charge is 2.48. The van der Waals surface area contributed by atoms with Crippen LogP contribution in [0.4, 0.5) is 0 Å². The summed E-state index contributed by atoms with van der Waals surface area (Å²) in [6.07, 6.45) is 2.06. The fourth-order valence-corrected chi connectivity index (χ4v) is 4.02. The summed E-state index contributed by atoms with van der Waals surface area (Å²) in [4.78, 5) is 25.8. The number of ketones is 1. The zero-order chi connectivity index (χ0) is 14.6. The number of benzene rings is 1. The lowest BCUT2D eigenvalue weighted by Gasteiger charge is -2.27. The normalized spacial score (nSPS) is 22.0.